The molecule has 0 spiro atoms. The minimum atomic E-state index is 0. The zero-order valence-corrected chi connectivity index (χ0v) is 5.14. The zero-order valence-electron chi connectivity index (χ0n) is 3.96. The molecule has 0 saturated heterocycles. The average Bonchev–Trinajstić information content (AvgIpc) is 1.76. The van der Waals surface area contributed by atoms with Crippen molar-refractivity contribution in [1.82, 2.24) is 0 Å². The first-order chi connectivity index (χ1) is 2.50. The summed E-state index contributed by atoms with van der Waals surface area (Å²) in [7, 11) is 0. The summed E-state index contributed by atoms with van der Waals surface area (Å²) >= 11 is 0. The van der Waals surface area contributed by atoms with Gasteiger partial charge in [-0.25, -0.2) is 24.3 Å². The Balaban J connectivity index is 0. The van der Waals surface area contributed by atoms with Crippen molar-refractivity contribution in [3.8, 4) is 0 Å². The standard InChI is InChI=1S/C5H.CH3.Mn/c1-2-4-5-3-1;;/h1H;1H3;/q2*-1;+2. The van der Waals surface area contributed by atoms with Crippen LogP contribution in [0.1, 0.15) is 0 Å². The van der Waals surface area contributed by atoms with Crippen LogP contribution in [0.4, 0.5) is 0 Å². The Morgan fingerprint density at radius 3 is 1.57 bits per heavy atom. The minimum absolute atomic E-state index is 0. The molecule has 0 bridgehead atoms. The molecule has 1 aromatic rings. The SMILES string of the molecule is [CH3-].[Mn+2].c1c#c[cH-]c#1. The van der Waals surface area contributed by atoms with Gasteiger partial charge in [-0.1, -0.05) is 6.07 Å². The molecule has 0 unspecified atom stereocenters. The molecule has 0 aliphatic rings. The van der Waals surface area contributed by atoms with Crippen molar-refractivity contribution in [2.24, 2.45) is 0 Å². The number of rotatable bonds is 0. The fourth-order valence-corrected chi connectivity index (χ4v) is 0.180. The van der Waals surface area contributed by atoms with Gasteiger partial charge < -0.3 is 7.43 Å². The molecule has 7 heavy (non-hydrogen) atoms. The van der Waals surface area contributed by atoms with E-state index in [2.05, 4.69) is 24.3 Å². The van der Waals surface area contributed by atoms with E-state index in [4.69, 9.17) is 0 Å². The largest absolute Gasteiger partial charge is 2.00 e. The van der Waals surface area contributed by atoms with E-state index in [-0.39, 0.29) is 24.5 Å². The molecule has 1 radical (unpaired) electrons. The van der Waals surface area contributed by atoms with Crippen LogP contribution in [0.5, 0.6) is 0 Å². The third kappa shape index (κ3) is 3.34. The van der Waals surface area contributed by atoms with Gasteiger partial charge in [-0.2, -0.15) is 0 Å². The minimum Gasteiger partial charge on any atom is -0.358 e. The van der Waals surface area contributed by atoms with Crippen molar-refractivity contribution in [2.45, 2.75) is 0 Å². The molecule has 0 nitrogen and oxygen atoms in total. The third-order valence-electron chi connectivity index (χ3n) is 0.351. The molecular formula is C6H4Mn. The van der Waals surface area contributed by atoms with E-state index in [9.17, 15) is 0 Å². The second-order valence-corrected chi connectivity index (χ2v) is 0.683. The van der Waals surface area contributed by atoms with Crippen LogP contribution in [0.2, 0.25) is 0 Å². The summed E-state index contributed by atoms with van der Waals surface area (Å²) < 4.78 is 0. The van der Waals surface area contributed by atoms with Crippen molar-refractivity contribution in [2.75, 3.05) is 0 Å². The van der Waals surface area contributed by atoms with E-state index >= 15 is 0 Å². The Morgan fingerprint density at radius 2 is 1.43 bits per heavy atom. The summed E-state index contributed by atoms with van der Waals surface area (Å²) in [5, 5.41) is 0. The molecule has 0 aromatic heterocycles. The predicted molar refractivity (Wildman–Crippen MR) is 23.8 cm³/mol. The Kier molecular flexibility index (Phi) is 7.65. The van der Waals surface area contributed by atoms with Crippen molar-refractivity contribution >= 4 is 0 Å². The summed E-state index contributed by atoms with van der Waals surface area (Å²) in [5.74, 6) is 0. The van der Waals surface area contributed by atoms with Gasteiger partial charge in [0.1, 0.15) is 0 Å². The molecular weight excluding hydrogens is 127 g/mol. The molecule has 0 heterocycles. The van der Waals surface area contributed by atoms with Gasteiger partial charge in [-0.05, 0) is 0 Å². The van der Waals surface area contributed by atoms with Crippen LogP contribution in [-0.2, 0) is 17.1 Å². The Bertz CT molecular complexity index is 60.7. The maximum Gasteiger partial charge on any atom is 2.00 e. The van der Waals surface area contributed by atoms with Crippen LogP contribution >= 0.6 is 0 Å². The summed E-state index contributed by atoms with van der Waals surface area (Å²) in [6.07, 6.45) is 0. The quantitative estimate of drug-likeness (QED) is 0.364. The van der Waals surface area contributed by atoms with E-state index in [0.717, 1.165) is 0 Å². The van der Waals surface area contributed by atoms with Crippen LogP contribution in [0.3, 0.4) is 0 Å². The molecule has 0 saturated carbocycles. The summed E-state index contributed by atoms with van der Waals surface area (Å²) in [6.45, 7) is 0. The maximum atomic E-state index is 2.62. The van der Waals surface area contributed by atoms with Crippen LogP contribution < -0.4 is 0 Å². The summed E-state index contributed by atoms with van der Waals surface area (Å²) in [5.41, 5.74) is 0. The summed E-state index contributed by atoms with van der Waals surface area (Å²) in [4.78, 5) is 0. The fraction of sp³-hybridized carbons (Fsp3) is 0. The molecule has 1 aromatic carbocycles. The van der Waals surface area contributed by atoms with E-state index in [1.165, 1.54) is 0 Å². The maximum absolute atomic E-state index is 2.62. The van der Waals surface area contributed by atoms with Crippen LogP contribution in [0, 0.1) is 31.7 Å². The van der Waals surface area contributed by atoms with Gasteiger partial charge in [0, 0.05) is 0 Å². The first-order valence-corrected chi connectivity index (χ1v) is 1.33. The first kappa shape index (κ1) is 9.72. The van der Waals surface area contributed by atoms with E-state index in [1.54, 1.807) is 6.07 Å². The summed E-state index contributed by atoms with van der Waals surface area (Å²) in [6, 6.07) is 12.0. The van der Waals surface area contributed by atoms with E-state index in [1.807, 2.05) is 0 Å². The number of hydrogen-bond donors (Lipinski definition) is 0. The Hall–Kier alpha value is -0.491. The Labute approximate surface area is 55.4 Å². The van der Waals surface area contributed by atoms with Crippen molar-refractivity contribution in [1.29, 1.82) is 0 Å². The normalized spacial score (nSPS) is 3.43. The first-order valence-electron chi connectivity index (χ1n) is 1.33. The van der Waals surface area contributed by atoms with Crippen molar-refractivity contribution < 1.29 is 17.1 Å². The van der Waals surface area contributed by atoms with E-state index < -0.39 is 0 Å². The van der Waals surface area contributed by atoms with Gasteiger partial charge in [0.15, 0.2) is 0 Å². The fourth-order valence-electron chi connectivity index (χ4n) is 0.180. The van der Waals surface area contributed by atoms with Gasteiger partial charge in [0.25, 0.3) is 0 Å². The molecule has 35 valence electrons. The monoisotopic (exact) mass is 131 g/mol. The van der Waals surface area contributed by atoms with Crippen LogP contribution in [0.15, 0.2) is 6.07 Å². The molecule has 0 aliphatic carbocycles. The molecule has 0 amide bonds. The smallest absolute Gasteiger partial charge is 0.358 e. The van der Waals surface area contributed by atoms with Crippen molar-refractivity contribution in [3.05, 3.63) is 37.8 Å². The zero-order chi connectivity index (χ0) is 3.54. The second-order valence-electron chi connectivity index (χ2n) is 0.683. The molecule has 0 aliphatic heterocycles. The second kappa shape index (κ2) is 5.51. The van der Waals surface area contributed by atoms with Gasteiger partial charge >= 0.3 is 17.1 Å². The third-order valence-corrected chi connectivity index (χ3v) is 0.351. The van der Waals surface area contributed by atoms with Gasteiger partial charge in [0.2, 0.25) is 0 Å². The average molecular weight is 131 g/mol. The topological polar surface area (TPSA) is 0 Å². The molecule has 0 atom stereocenters. The van der Waals surface area contributed by atoms with Crippen LogP contribution in [0.25, 0.3) is 0 Å². The van der Waals surface area contributed by atoms with Crippen molar-refractivity contribution in [3.63, 3.8) is 0 Å². The molecule has 1 heteroatoms. The molecule has 1 rings (SSSR count). The molecule has 0 fully saturated rings. The number of hydrogen-bond acceptors (Lipinski definition) is 0. The molecule has 0 N–H and O–H groups in total. The van der Waals surface area contributed by atoms with Crippen LogP contribution in [-0.4, -0.2) is 0 Å². The predicted octanol–water partition coefficient (Wildman–Crippen LogP) is 1.05. The Morgan fingerprint density at radius 1 is 1.00 bits per heavy atom. The van der Waals surface area contributed by atoms with Gasteiger partial charge in [-0.15, -0.1) is 0 Å². The van der Waals surface area contributed by atoms with Gasteiger partial charge in [-0.3, -0.25) is 0 Å². The van der Waals surface area contributed by atoms with Gasteiger partial charge in [0.05, 0.1) is 0 Å². The van der Waals surface area contributed by atoms with E-state index in [0.29, 0.717) is 0 Å².